The van der Waals surface area contributed by atoms with E-state index in [1.165, 1.54) is 30.2 Å². The van der Waals surface area contributed by atoms with E-state index in [0.29, 0.717) is 38.8 Å². The Bertz CT molecular complexity index is 1180. The van der Waals surface area contributed by atoms with Gasteiger partial charge in [-0.05, 0) is 19.4 Å². The van der Waals surface area contributed by atoms with Crippen molar-refractivity contribution < 1.29 is 27.8 Å². The zero-order chi connectivity index (χ0) is 24.8. The molecule has 1 aliphatic carbocycles. The SMILES string of the molecule is COC[C@]12C[C@H]1[C@@](C)(c1cc(NC(=O)c3cnc(OCC4COC4)cn3)cc(F)c1F)N=C(N)S2. The summed E-state index contributed by atoms with van der Waals surface area (Å²) in [6, 6.07) is 2.32. The van der Waals surface area contributed by atoms with Crippen LogP contribution in [0.25, 0.3) is 0 Å². The quantitative estimate of drug-likeness (QED) is 0.562. The molecule has 2 aromatic rings. The Labute approximate surface area is 204 Å². The minimum Gasteiger partial charge on any atom is -0.476 e. The molecule has 12 heteroatoms. The zero-order valence-corrected chi connectivity index (χ0v) is 20.0. The molecule has 0 bridgehead atoms. The number of thioether (sulfide) groups is 1. The van der Waals surface area contributed by atoms with Gasteiger partial charge in [0, 0.05) is 36.3 Å². The topological polar surface area (TPSA) is 121 Å². The summed E-state index contributed by atoms with van der Waals surface area (Å²) in [6.45, 7) is 3.89. The normalized spacial score (nSPS) is 27.4. The number of amidine groups is 1. The van der Waals surface area contributed by atoms with Gasteiger partial charge in [0.25, 0.3) is 5.91 Å². The average Bonchev–Trinajstić information content (AvgIpc) is 3.50. The molecule has 1 aromatic carbocycles. The number of halogens is 2. The van der Waals surface area contributed by atoms with Gasteiger partial charge in [0.2, 0.25) is 5.88 Å². The number of aromatic nitrogens is 2. The molecule has 1 saturated heterocycles. The Kier molecular flexibility index (Phi) is 6.14. The first kappa shape index (κ1) is 23.9. The van der Waals surface area contributed by atoms with Crippen molar-refractivity contribution in [3.05, 3.63) is 47.4 Å². The molecule has 5 rings (SSSR count). The molecule has 3 N–H and O–H groups in total. The number of nitrogens with two attached hydrogens (primary N) is 1. The van der Waals surface area contributed by atoms with Crippen molar-refractivity contribution in [3.8, 4) is 5.88 Å². The van der Waals surface area contributed by atoms with Crippen LogP contribution < -0.4 is 15.8 Å². The molecule has 9 nitrogen and oxygen atoms in total. The maximum atomic E-state index is 15.0. The molecule has 0 unspecified atom stereocenters. The van der Waals surface area contributed by atoms with Crippen LogP contribution in [0.15, 0.2) is 29.5 Å². The predicted molar refractivity (Wildman–Crippen MR) is 125 cm³/mol. The monoisotopic (exact) mass is 505 g/mol. The number of carbonyl (C=O) groups excluding carboxylic acids is 1. The lowest BCUT2D eigenvalue weighted by Gasteiger charge is -2.34. The molecule has 3 atom stereocenters. The lowest BCUT2D eigenvalue weighted by atomic mass is 9.85. The van der Waals surface area contributed by atoms with E-state index in [2.05, 4.69) is 20.3 Å². The van der Waals surface area contributed by atoms with Crippen LogP contribution in [0, 0.1) is 23.5 Å². The number of nitrogens with zero attached hydrogens (tertiary/aromatic N) is 3. The molecule has 1 amide bonds. The number of nitrogens with one attached hydrogen (secondary N) is 1. The second-order valence-corrected chi connectivity index (χ2v) is 10.6. The molecule has 186 valence electrons. The number of anilines is 1. The highest BCUT2D eigenvalue weighted by Gasteiger charge is 2.66. The summed E-state index contributed by atoms with van der Waals surface area (Å²) in [5.41, 5.74) is 5.05. The highest BCUT2D eigenvalue weighted by molar-refractivity contribution is 8.15. The molecule has 3 aliphatic rings. The summed E-state index contributed by atoms with van der Waals surface area (Å²) < 4.78 is 45.3. The molecular formula is C23H25F2N5O4S. The zero-order valence-electron chi connectivity index (χ0n) is 19.2. The fraction of sp³-hybridized carbons (Fsp3) is 0.478. The van der Waals surface area contributed by atoms with E-state index >= 15 is 4.39 Å². The van der Waals surface area contributed by atoms with Gasteiger partial charge in [-0.15, -0.1) is 0 Å². The van der Waals surface area contributed by atoms with Crippen molar-refractivity contribution >= 4 is 28.5 Å². The molecule has 3 heterocycles. The smallest absolute Gasteiger partial charge is 0.275 e. The van der Waals surface area contributed by atoms with Gasteiger partial charge < -0.3 is 25.3 Å². The fourth-order valence-corrected chi connectivity index (χ4v) is 6.10. The van der Waals surface area contributed by atoms with Crippen molar-refractivity contribution in [1.82, 2.24) is 9.97 Å². The van der Waals surface area contributed by atoms with Gasteiger partial charge >= 0.3 is 0 Å². The van der Waals surface area contributed by atoms with Crippen LogP contribution in [0.5, 0.6) is 5.88 Å². The van der Waals surface area contributed by atoms with Gasteiger partial charge in [-0.2, -0.15) is 0 Å². The minimum atomic E-state index is -1.11. The first-order valence-electron chi connectivity index (χ1n) is 11.1. The van der Waals surface area contributed by atoms with E-state index in [0.717, 1.165) is 6.07 Å². The van der Waals surface area contributed by atoms with Crippen LogP contribution in [0.2, 0.25) is 0 Å². The average molecular weight is 506 g/mol. The molecule has 0 spiro atoms. The first-order valence-corrected chi connectivity index (χ1v) is 11.9. The van der Waals surface area contributed by atoms with E-state index in [-0.39, 0.29) is 38.7 Å². The third kappa shape index (κ3) is 4.45. The molecule has 0 radical (unpaired) electrons. The Hall–Kier alpha value is -2.83. The molecule has 1 saturated carbocycles. The van der Waals surface area contributed by atoms with Crippen LogP contribution in [-0.2, 0) is 15.0 Å². The Morgan fingerprint density at radius 3 is 2.77 bits per heavy atom. The number of ether oxygens (including phenoxy) is 3. The second-order valence-electron chi connectivity index (χ2n) is 9.18. The second kappa shape index (κ2) is 8.99. The first-order chi connectivity index (χ1) is 16.7. The number of hydrogen-bond acceptors (Lipinski definition) is 9. The van der Waals surface area contributed by atoms with Crippen molar-refractivity contribution in [1.29, 1.82) is 0 Å². The molecular weight excluding hydrogens is 480 g/mol. The lowest BCUT2D eigenvalue weighted by Crippen LogP contribution is -2.38. The van der Waals surface area contributed by atoms with Gasteiger partial charge in [0.15, 0.2) is 16.8 Å². The Morgan fingerprint density at radius 1 is 1.31 bits per heavy atom. The minimum absolute atomic E-state index is 0.000501. The molecule has 1 aromatic heterocycles. The number of aliphatic imine (C=N–C) groups is 1. The summed E-state index contributed by atoms with van der Waals surface area (Å²) in [4.78, 5) is 25.4. The Morgan fingerprint density at radius 2 is 2.11 bits per heavy atom. The number of carbonyl (C=O) groups is 1. The fourth-order valence-electron chi connectivity index (χ4n) is 4.65. The van der Waals surface area contributed by atoms with Gasteiger partial charge in [0.1, 0.15) is 5.69 Å². The predicted octanol–water partition coefficient (Wildman–Crippen LogP) is 2.71. The summed E-state index contributed by atoms with van der Waals surface area (Å²) in [5.74, 6) is -2.24. The van der Waals surface area contributed by atoms with Crippen LogP contribution in [0.3, 0.4) is 0 Å². The van der Waals surface area contributed by atoms with Gasteiger partial charge in [-0.3, -0.25) is 9.79 Å². The molecule has 2 aliphatic heterocycles. The number of methoxy groups -OCH3 is 1. The van der Waals surface area contributed by atoms with Gasteiger partial charge in [-0.25, -0.2) is 18.7 Å². The third-order valence-electron chi connectivity index (χ3n) is 6.61. The summed E-state index contributed by atoms with van der Waals surface area (Å²) in [7, 11) is 1.59. The molecule has 35 heavy (non-hydrogen) atoms. The van der Waals surface area contributed by atoms with Gasteiger partial charge in [-0.1, -0.05) is 11.8 Å². The van der Waals surface area contributed by atoms with Crippen molar-refractivity contribution in [2.24, 2.45) is 22.6 Å². The standard InChI is InChI=1S/C23H25F2N5O4S/c1-22(17-5-23(17,11-32-2)35-21(26)30-22)14-3-13(4-15(24)19(14)25)29-20(31)16-6-28-18(7-27-16)34-10-12-8-33-9-12/h3-4,6-7,12,17H,5,8-11H2,1-2H3,(H2,26,30)(H,29,31)/t17-,22+,23+/m0/s1. The maximum Gasteiger partial charge on any atom is 0.275 e. The number of rotatable bonds is 8. The lowest BCUT2D eigenvalue weighted by molar-refractivity contribution is -0.0514. The summed E-state index contributed by atoms with van der Waals surface area (Å²) in [6.07, 6.45) is 3.30. The van der Waals surface area contributed by atoms with Crippen molar-refractivity contribution in [3.63, 3.8) is 0 Å². The molecule has 2 fully saturated rings. The Balaban J connectivity index is 1.35. The number of benzene rings is 1. The van der Waals surface area contributed by atoms with Crippen molar-refractivity contribution in [2.45, 2.75) is 23.6 Å². The van der Waals surface area contributed by atoms with E-state index in [1.54, 1.807) is 14.0 Å². The van der Waals surface area contributed by atoms with Gasteiger partial charge in [0.05, 0.1) is 49.1 Å². The summed E-state index contributed by atoms with van der Waals surface area (Å²) in [5, 5.41) is 2.86. The van der Waals surface area contributed by atoms with Crippen LogP contribution in [-0.4, -0.2) is 59.3 Å². The third-order valence-corrected chi connectivity index (χ3v) is 7.88. The van der Waals surface area contributed by atoms with Crippen LogP contribution in [0.4, 0.5) is 14.5 Å². The van der Waals surface area contributed by atoms with E-state index < -0.39 is 23.1 Å². The van der Waals surface area contributed by atoms with Crippen LogP contribution >= 0.6 is 11.8 Å². The number of fused-ring (bicyclic) bond motifs is 1. The highest BCUT2D eigenvalue weighted by Crippen LogP contribution is 2.66. The largest absolute Gasteiger partial charge is 0.476 e. The van der Waals surface area contributed by atoms with E-state index in [4.69, 9.17) is 19.9 Å². The number of amides is 1. The van der Waals surface area contributed by atoms with Crippen LogP contribution in [0.1, 0.15) is 29.4 Å². The summed E-state index contributed by atoms with van der Waals surface area (Å²) >= 11 is 1.40. The van der Waals surface area contributed by atoms with Crippen molar-refractivity contribution in [2.75, 3.05) is 38.9 Å². The maximum absolute atomic E-state index is 15.0. The van der Waals surface area contributed by atoms with E-state index in [9.17, 15) is 9.18 Å². The van der Waals surface area contributed by atoms with E-state index in [1.807, 2.05) is 0 Å². The number of hydrogen-bond donors (Lipinski definition) is 2. The highest BCUT2D eigenvalue weighted by atomic mass is 32.2.